The summed E-state index contributed by atoms with van der Waals surface area (Å²) in [7, 11) is 0. The lowest BCUT2D eigenvalue weighted by Crippen LogP contribution is -2.48. The molecule has 3 rings (SSSR count). The van der Waals surface area contributed by atoms with Crippen LogP contribution >= 0.6 is 0 Å². The highest BCUT2D eigenvalue weighted by atomic mass is 16.5. The Bertz CT molecular complexity index is 762. The van der Waals surface area contributed by atoms with Gasteiger partial charge in [0.2, 0.25) is 5.91 Å². The number of hydrogen-bond acceptors (Lipinski definition) is 4. The van der Waals surface area contributed by atoms with Crippen molar-refractivity contribution >= 4 is 12.0 Å². The highest BCUT2D eigenvalue weighted by Gasteiger charge is 2.25. The van der Waals surface area contributed by atoms with E-state index in [1.807, 2.05) is 30.3 Å². The summed E-state index contributed by atoms with van der Waals surface area (Å²) in [6.45, 7) is 5.83. The Morgan fingerprint density at radius 1 is 1.25 bits per heavy atom. The van der Waals surface area contributed by atoms with E-state index < -0.39 is 0 Å². The molecule has 1 aromatic heterocycles. The molecule has 1 saturated heterocycles. The van der Waals surface area contributed by atoms with Crippen molar-refractivity contribution in [2.45, 2.75) is 25.8 Å². The molecule has 1 aliphatic rings. The Morgan fingerprint density at radius 2 is 2.04 bits per heavy atom. The van der Waals surface area contributed by atoms with Gasteiger partial charge in [0, 0.05) is 44.5 Å². The summed E-state index contributed by atoms with van der Waals surface area (Å²) in [6.07, 6.45) is 7.05. The second-order valence-electron chi connectivity index (χ2n) is 7.26. The van der Waals surface area contributed by atoms with E-state index in [4.69, 9.17) is 4.74 Å². The van der Waals surface area contributed by atoms with Crippen LogP contribution in [0.25, 0.3) is 6.08 Å². The van der Waals surface area contributed by atoms with Crippen LogP contribution in [0.4, 0.5) is 0 Å². The first-order valence-corrected chi connectivity index (χ1v) is 9.90. The standard InChI is InChI=1S/C23H29N3O2/c1-19(15-21-5-3-2-4-6-21)17-26-13-14-28-18-22(26)16-23(27)25-12-9-20-7-10-24-11-8-20/h2-8,10-11,15,22H,9,12-14,16-18H2,1H3,(H,25,27)/b19-15+. The maximum atomic E-state index is 12.4. The van der Waals surface area contributed by atoms with Crippen molar-refractivity contribution in [1.82, 2.24) is 15.2 Å². The zero-order valence-corrected chi connectivity index (χ0v) is 16.5. The summed E-state index contributed by atoms with van der Waals surface area (Å²) in [5.41, 5.74) is 3.68. The summed E-state index contributed by atoms with van der Waals surface area (Å²) in [6, 6.07) is 14.4. The first-order valence-electron chi connectivity index (χ1n) is 9.90. The molecular formula is C23H29N3O2. The number of ether oxygens (including phenoxy) is 1. The molecule has 28 heavy (non-hydrogen) atoms. The Morgan fingerprint density at radius 3 is 2.82 bits per heavy atom. The van der Waals surface area contributed by atoms with Crippen LogP contribution in [-0.2, 0) is 16.0 Å². The van der Waals surface area contributed by atoms with E-state index in [-0.39, 0.29) is 11.9 Å². The topological polar surface area (TPSA) is 54.5 Å². The zero-order valence-electron chi connectivity index (χ0n) is 16.5. The second-order valence-corrected chi connectivity index (χ2v) is 7.26. The van der Waals surface area contributed by atoms with Crippen LogP contribution in [0.5, 0.6) is 0 Å². The van der Waals surface area contributed by atoms with E-state index in [9.17, 15) is 4.79 Å². The van der Waals surface area contributed by atoms with Crippen molar-refractivity contribution in [1.29, 1.82) is 0 Å². The number of amides is 1. The van der Waals surface area contributed by atoms with Crippen molar-refractivity contribution in [3.8, 4) is 0 Å². The third-order valence-electron chi connectivity index (χ3n) is 4.92. The predicted octanol–water partition coefficient (Wildman–Crippen LogP) is 2.93. The van der Waals surface area contributed by atoms with Gasteiger partial charge in [-0.2, -0.15) is 0 Å². The number of benzene rings is 1. The molecular weight excluding hydrogens is 350 g/mol. The second kappa shape index (κ2) is 10.7. The van der Waals surface area contributed by atoms with Crippen molar-refractivity contribution < 1.29 is 9.53 Å². The minimum Gasteiger partial charge on any atom is -0.378 e. The first-order chi connectivity index (χ1) is 13.7. The highest BCUT2D eigenvalue weighted by molar-refractivity contribution is 5.76. The minimum atomic E-state index is 0.0826. The van der Waals surface area contributed by atoms with Gasteiger partial charge >= 0.3 is 0 Å². The first kappa shape index (κ1) is 20.2. The fourth-order valence-corrected chi connectivity index (χ4v) is 3.47. The molecule has 148 valence electrons. The van der Waals surface area contributed by atoms with E-state index in [0.29, 0.717) is 19.6 Å². The van der Waals surface area contributed by atoms with Crippen LogP contribution in [0, 0.1) is 0 Å². The quantitative estimate of drug-likeness (QED) is 0.766. The van der Waals surface area contributed by atoms with E-state index in [0.717, 1.165) is 26.1 Å². The summed E-state index contributed by atoms with van der Waals surface area (Å²) in [5, 5.41) is 3.04. The Hall–Kier alpha value is -2.50. The summed E-state index contributed by atoms with van der Waals surface area (Å²) >= 11 is 0. The molecule has 0 radical (unpaired) electrons. The lowest BCUT2D eigenvalue weighted by atomic mass is 10.1. The van der Waals surface area contributed by atoms with Crippen molar-refractivity contribution in [3.05, 3.63) is 71.6 Å². The van der Waals surface area contributed by atoms with Crippen LogP contribution in [0.3, 0.4) is 0 Å². The van der Waals surface area contributed by atoms with Crippen LogP contribution in [-0.4, -0.2) is 54.7 Å². The van der Waals surface area contributed by atoms with Gasteiger partial charge in [-0.3, -0.25) is 14.7 Å². The molecule has 5 heteroatoms. The van der Waals surface area contributed by atoms with Gasteiger partial charge in [0.05, 0.1) is 13.2 Å². The fraction of sp³-hybridized carbons (Fsp3) is 0.391. The van der Waals surface area contributed by atoms with Crippen molar-refractivity contribution in [3.63, 3.8) is 0 Å². The number of carbonyl (C=O) groups excluding carboxylic acids is 1. The number of hydrogen-bond donors (Lipinski definition) is 1. The molecule has 1 aliphatic heterocycles. The van der Waals surface area contributed by atoms with Gasteiger partial charge in [0.25, 0.3) is 0 Å². The third kappa shape index (κ3) is 6.59. The van der Waals surface area contributed by atoms with Gasteiger partial charge in [0.1, 0.15) is 0 Å². The number of nitrogens with zero attached hydrogens (tertiary/aromatic N) is 2. The zero-order chi connectivity index (χ0) is 19.6. The number of rotatable bonds is 8. The smallest absolute Gasteiger partial charge is 0.221 e. The van der Waals surface area contributed by atoms with E-state index in [1.165, 1.54) is 16.7 Å². The molecule has 1 N–H and O–H groups in total. The largest absolute Gasteiger partial charge is 0.378 e. The van der Waals surface area contributed by atoms with Gasteiger partial charge < -0.3 is 10.1 Å². The molecule has 1 atom stereocenters. The Kier molecular flexibility index (Phi) is 7.76. The van der Waals surface area contributed by atoms with Crippen molar-refractivity contribution in [2.75, 3.05) is 32.8 Å². The van der Waals surface area contributed by atoms with Crippen LogP contribution in [0.1, 0.15) is 24.5 Å². The fourth-order valence-electron chi connectivity index (χ4n) is 3.47. The number of carbonyl (C=O) groups is 1. The number of morpholine rings is 1. The molecule has 0 aliphatic carbocycles. The molecule has 1 fully saturated rings. The van der Waals surface area contributed by atoms with E-state index in [2.05, 4.69) is 40.3 Å². The average Bonchev–Trinajstić information content (AvgIpc) is 2.71. The van der Waals surface area contributed by atoms with Gasteiger partial charge in [-0.05, 0) is 36.6 Å². The Labute approximate surface area is 167 Å². The number of aromatic nitrogens is 1. The SMILES string of the molecule is C/C(=C\c1ccccc1)CN1CCOCC1CC(=O)NCCc1ccncc1. The molecule has 0 saturated carbocycles. The van der Waals surface area contributed by atoms with Crippen LogP contribution < -0.4 is 5.32 Å². The molecule has 1 unspecified atom stereocenters. The number of nitrogens with one attached hydrogen (secondary N) is 1. The maximum Gasteiger partial charge on any atom is 0.221 e. The predicted molar refractivity (Wildman–Crippen MR) is 112 cm³/mol. The lowest BCUT2D eigenvalue weighted by Gasteiger charge is -2.35. The molecule has 0 bridgehead atoms. The average molecular weight is 380 g/mol. The van der Waals surface area contributed by atoms with Gasteiger partial charge in [-0.1, -0.05) is 42.0 Å². The van der Waals surface area contributed by atoms with Gasteiger partial charge in [-0.15, -0.1) is 0 Å². The van der Waals surface area contributed by atoms with Crippen LogP contribution in [0.15, 0.2) is 60.4 Å². The molecule has 1 amide bonds. The normalized spacial score (nSPS) is 18.0. The minimum absolute atomic E-state index is 0.0826. The van der Waals surface area contributed by atoms with E-state index in [1.54, 1.807) is 12.4 Å². The summed E-state index contributed by atoms with van der Waals surface area (Å²) in [4.78, 5) is 18.8. The molecule has 0 spiro atoms. The van der Waals surface area contributed by atoms with Gasteiger partial charge in [0.15, 0.2) is 0 Å². The monoisotopic (exact) mass is 379 g/mol. The molecule has 1 aromatic carbocycles. The summed E-state index contributed by atoms with van der Waals surface area (Å²) in [5.74, 6) is 0.0826. The van der Waals surface area contributed by atoms with Crippen molar-refractivity contribution in [2.24, 2.45) is 0 Å². The third-order valence-corrected chi connectivity index (χ3v) is 4.92. The maximum absolute atomic E-state index is 12.4. The molecule has 2 aromatic rings. The number of pyridine rings is 1. The summed E-state index contributed by atoms with van der Waals surface area (Å²) < 4.78 is 5.64. The van der Waals surface area contributed by atoms with Crippen LogP contribution in [0.2, 0.25) is 0 Å². The Balaban J connectivity index is 1.48. The highest BCUT2D eigenvalue weighted by Crippen LogP contribution is 2.15. The molecule has 2 heterocycles. The van der Waals surface area contributed by atoms with E-state index >= 15 is 0 Å². The lowest BCUT2D eigenvalue weighted by molar-refractivity contribution is -0.124. The van der Waals surface area contributed by atoms with Gasteiger partial charge in [-0.25, -0.2) is 0 Å². The molecule has 5 nitrogen and oxygen atoms in total.